The standard InChI is InChI=1S/C19H16FN3O2S/c20-12-4-3-5-13(10-12)21-17(24)11-26-19-22-16-7-2-1-6-15(16)18(25)23(19)14-8-9-14/h1-7,10,14H,8-9,11H2,(H,21,24). The van der Waals surface area contributed by atoms with Crippen LogP contribution in [0.1, 0.15) is 18.9 Å². The Morgan fingerprint density at radius 1 is 1.23 bits per heavy atom. The van der Waals surface area contributed by atoms with Crippen LogP contribution in [-0.4, -0.2) is 21.2 Å². The molecule has 0 unspecified atom stereocenters. The minimum absolute atomic E-state index is 0.0638. The van der Waals surface area contributed by atoms with Crippen molar-refractivity contribution < 1.29 is 9.18 Å². The zero-order chi connectivity index (χ0) is 18.1. The van der Waals surface area contributed by atoms with Gasteiger partial charge in [0.1, 0.15) is 5.82 Å². The summed E-state index contributed by atoms with van der Waals surface area (Å²) in [6, 6.07) is 13.1. The molecular formula is C19H16FN3O2S. The largest absolute Gasteiger partial charge is 0.325 e. The molecule has 1 N–H and O–H groups in total. The molecule has 2 aromatic carbocycles. The second-order valence-corrected chi connectivity index (χ2v) is 7.11. The third kappa shape index (κ3) is 3.48. The normalized spacial score (nSPS) is 13.7. The lowest BCUT2D eigenvalue weighted by Gasteiger charge is -2.12. The quantitative estimate of drug-likeness (QED) is 0.551. The van der Waals surface area contributed by atoms with Crippen molar-refractivity contribution in [3.8, 4) is 0 Å². The summed E-state index contributed by atoms with van der Waals surface area (Å²) in [7, 11) is 0. The van der Waals surface area contributed by atoms with Crippen LogP contribution >= 0.6 is 11.8 Å². The first-order chi connectivity index (χ1) is 12.6. The molecule has 7 heteroatoms. The van der Waals surface area contributed by atoms with E-state index in [-0.39, 0.29) is 23.3 Å². The van der Waals surface area contributed by atoms with Gasteiger partial charge in [0.05, 0.1) is 16.7 Å². The van der Waals surface area contributed by atoms with Crippen molar-refractivity contribution >= 4 is 34.3 Å². The van der Waals surface area contributed by atoms with E-state index in [1.165, 1.54) is 30.0 Å². The number of anilines is 1. The summed E-state index contributed by atoms with van der Waals surface area (Å²) in [6.07, 6.45) is 1.89. The number of benzene rings is 2. The Labute approximate surface area is 153 Å². The number of thioether (sulfide) groups is 1. The molecule has 132 valence electrons. The van der Waals surface area contributed by atoms with Crippen LogP contribution < -0.4 is 10.9 Å². The van der Waals surface area contributed by atoms with E-state index in [2.05, 4.69) is 10.3 Å². The summed E-state index contributed by atoms with van der Waals surface area (Å²) in [5, 5.41) is 3.79. The number of rotatable bonds is 5. The number of para-hydroxylation sites is 1. The fraction of sp³-hybridized carbons (Fsp3) is 0.211. The predicted octanol–water partition coefficient (Wildman–Crippen LogP) is 3.60. The van der Waals surface area contributed by atoms with Crippen LogP contribution in [0, 0.1) is 5.82 Å². The Balaban J connectivity index is 1.56. The van der Waals surface area contributed by atoms with Crippen LogP contribution in [0.5, 0.6) is 0 Å². The second-order valence-electron chi connectivity index (χ2n) is 6.17. The van der Waals surface area contributed by atoms with E-state index in [1.54, 1.807) is 22.8 Å². The van der Waals surface area contributed by atoms with E-state index >= 15 is 0 Å². The first kappa shape index (κ1) is 16.8. The van der Waals surface area contributed by atoms with Crippen molar-refractivity contribution in [1.82, 2.24) is 9.55 Å². The zero-order valence-electron chi connectivity index (χ0n) is 13.8. The molecule has 1 amide bonds. The van der Waals surface area contributed by atoms with Crippen molar-refractivity contribution in [2.24, 2.45) is 0 Å². The summed E-state index contributed by atoms with van der Waals surface area (Å²) < 4.78 is 14.9. The van der Waals surface area contributed by atoms with Gasteiger partial charge >= 0.3 is 0 Å². The number of nitrogens with one attached hydrogen (secondary N) is 1. The lowest BCUT2D eigenvalue weighted by Crippen LogP contribution is -2.23. The second kappa shape index (κ2) is 6.92. The molecule has 0 atom stereocenters. The molecule has 1 heterocycles. The fourth-order valence-corrected chi connectivity index (χ4v) is 3.64. The number of halogens is 1. The average Bonchev–Trinajstić information content (AvgIpc) is 3.45. The van der Waals surface area contributed by atoms with Gasteiger partial charge in [0.2, 0.25) is 5.91 Å². The number of carbonyl (C=O) groups is 1. The number of amides is 1. The average molecular weight is 369 g/mol. The molecule has 1 aliphatic carbocycles. The first-order valence-corrected chi connectivity index (χ1v) is 9.30. The van der Waals surface area contributed by atoms with E-state index in [1.807, 2.05) is 12.1 Å². The molecule has 0 saturated heterocycles. The molecule has 5 nitrogen and oxygen atoms in total. The Bertz CT molecular complexity index is 1050. The van der Waals surface area contributed by atoms with Crippen LogP contribution in [-0.2, 0) is 4.79 Å². The van der Waals surface area contributed by atoms with Gasteiger partial charge in [-0.25, -0.2) is 9.37 Å². The van der Waals surface area contributed by atoms with Gasteiger partial charge in [0, 0.05) is 11.7 Å². The third-order valence-corrected chi connectivity index (χ3v) is 5.08. The molecule has 4 rings (SSSR count). The number of aromatic nitrogens is 2. The smallest absolute Gasteiger partial charge is 0.262 e. The van der Waals surface area contributed by atoms with E-state index in [0.29, 0.717) is 21.7 Å². The number of nitrogens with zero attached hydrogens (tertiary/aromatic N) is 2. The third-order valence-electron chi connectivity index (χ3n) is 4.13. The summed E-state index contributed by atoms with van der Waals surface area (Å²) in [4.78, 5) is 29.5. The maximum atomic E-state index is 13.2. The molecule has 3 aromatic rings. The molecule has 0 bridgehead atoms. The highest BCUT2D eigenvalue weighted by Gasteiger charge is 2.28. The van der Waals surface area contributed by atoms with Crippen LogP contribution in [0.15, 0.2) is 58.5 Å². The summed E-state index contributed by atoms with van der Waals surface area (Å²) >= 11 is 1.22. The molecular weight excluding hydrogens is 353 g/mol. The van der Waals surface area contributed by atoms with Gasteiger partial charge in [-0.2, -0.15) is 0 Å². The van der Waals surface area contributed by atoms with Crippen molar-refractivity contribution in [3.05, 3.63) is 64.7 Å². The van der Waals surface area contributed by atoms with E-state index in [4.69, 9.17) is 0 Å². The highest BCUT2D eigenvalue weighted by Crippen LogP contribution is 2.36. The summed E-state index contributed by atoms with van der Waals surface area (Å²) in [5.74, 6) is -0.590. The first-order valence-electron chi connectivity index (χ1n) is 8.31. The minimum atomic E-state index is -0.408. The maximum Gasteiger partial charge on any atom is 0.262 e. The lowest BCUT2D eigenvalue weighted by atomic mass is 10.2. The molecule has 0 radical (unpaired) electrons. The van der Waals surface area contributed by atoms with Gasteiger partial charge in [0.15, 0.2) is 5.16 Å². The Morgan fingerprint density at radius 3 is 2.81 bits per heavy atom. The SMILES string of the molecule is O=C(CSc1nc2ccccc2c(=O)n1C1CC1)Nc1cccc(F)c1. The summed E-state index contributed by atoms with van der Waals surface area (Å²) in [6.45, 7) is 0. The Morgan fingerprint density at radius 2 is 2.04 bits per heavy atom. The number of carbonyl (C=O) groups excluding carboxylic acids is 1. The number of hydrogen-bond acceptors (Lipinski definition) is 4. The molecule has 1 aliphatic rings. The van der Waals surface area contributed by atoms with E-state index in [0.717, 1.165) is 12.8 Å². The Hall–Kier alpha value is -2.67. The number of hydrogen-bond donors (Lipinski definition) is 1. The van der Waals surface area contributed by atoms with Crippen LogP contribution in [0.2, 0.25) is 0 Å². The van der Waals surface area contributed by atoms with Crippen molar-refractivity contribution in [1.29, 1.82) is 0 Å². The monoisotopic (exact) mass is 369 g/mol. The fourth-order valence-electron chi connectivity index (χ4n) is 2.78. The van der Waals surface area contributed by atoms with Crippen LogP contribution in [0.3, 0.4) is 0 Å². The number of fused-ring (bicyclic) bond motifs is 1. The summed E-state index contributed by atoms with van der Waals surface area (Å²) in [5.41, 5.74) is 0.968. The highest BCUT2D eigenvalue weighted by atomic mass is 32.2. The molecule has 1 saturated carbocycles. The van der Waals surface area contributed by atoms with Crippen molar-refractivity contribution in [3.63, 3.8) is 0 Å². The minimum Gasteiger partial charge on any atom is -0.325 e. The molecule has 1 aromatic heterocycles. The maximum absolute atomic E-state index is 13.2. The van der Waals surface area contributed by atoms with Gasteiger partial charge in [-0.15, -0.1) is 0 Å². The van der Waals surface area contributed by atoms with E-state index in [9.17, 15) is 14.0 Å². The lowest BCUT2D eigenvalue weighted by molar-refractivity contribution is -0.113. The topological polar surface area (TPSA) is 64.0 Å². The molecule has 26 heavy (non-hydrogen) atoms. The van der Waals surface area contributed by atoms with Gasteiger partial charge in [-0.3, -0.25) is 14.2 Å². The van der Waals surface area contributed by atoms with E-state index < -0.39 is 5.82 Å². The van der Waals surface area contributed by atoms with Crippen molar-refractivity contribution in [2.75, 3.05) is 11.1 Å². The van der Waals surface area contributed by atoms with Gasteiger partial charge in [-0.1, -0.05) is 30.0 Å². The predicted molar refractivity (Wildman–Crippen MR) is 100 cm³/mol. The Kier molecular flexibility index (Phi) is 4.46. The molecule has 1 fully saturated rings. The van der Waals surface area contributed by atoms with Crippen molar-refractivity contribution in [2.45, 2.75) is 24.0 Å². The van der Waals surface area contributed by atoms with Gasteiger partial charge < -0.3 is 5.32 Å². The van der Waals surface area contributed by atoms with Crippen LogP contribution in [0.25, 0.3) is 10.9 Å². The molecule has 0 aliphatic heterocycles. The zero-order valence-corrected chi connectivity index (χ0v) is 14.6. The van der Waals surface area contributed by atoms with Crippen LogP contribution in [0.4, 0.5) is 10.1 Å². The highest BCUT2D eigenvalue weighted by molar-refractivity contribution is 7.99. The molecule has 0 spiro atoms. The van der Waals surface area contributed by atoms with Gasteiger partial charge in [-0.05, 0) is 43.2 Å². The van der Waals surface area contributed by atoms with Gasteiger partial charge in [0.25, 0.3) is 5.56 Å².